The van der Waals surface area contributed by atoms with Gasteiger partial charge in [0.15, 0.2) is 17.5 Å². The highest BCUT2D eigenvalue weighted by Gasteiger charge is 2.20. The molecule has 0 amide bonds. The lowest BCUT2D eigenvalue weighted by Gasteiger charge is -2.20. The monoisotopic (exact) mass is 413 g/mol. The van der Waals surface area contributed by atoms with E-state index < -0.39 is 0 Å². The Morgan fingerprint density at radius 2 is 2.00 bits per heavy atom. The number of aryl methyl sites for hydroxylation is 2. The second-order valence-electron chi connectivity index (χ2n) is 7.85. The molecule has 2 aromatic rings. The minimum Gasteiger partial charge on any atom is -0.493 e. The molecule has 0 radical (unpaired) electrons. The van der Waals surface area contributed by atoms with Crippen molar-refractivity contribution >= 4 is 5.96 Å². The molecular weight excluding hydrogens is 378 g/mol. The fraction of sp³-hybridized carbons (Fsp3) is 0.565. The van der Waals surface area contributed by atoms with E-state index in [4.69, 9.17) is 9.47 Å². The molecule has 1 heterocycles. The van der Waals surface area contributed by atoms with Gasteiger partial charge in [0.2, 0.25) is 0 Å². The lowest BCUT2D eigenvalue weighted by atomic mass is 10.1. The normalized spacial score (nSPS) is 14.8. The van der Waals surface area contributed by atoms with Gasteiger partial charge in [-0.3, -0.25) is 9.67 Å². The maximum atomic E-state index is 6.33. The summed E-state index contributed by atoms with van der Waals surface area (Å²) in [7, 11) is 5.47. The van der Waals surface area contributed by atoms with E-state index in [0.29, 0.717) is 6.54 Å². The Morgan fingerprint density at radius 3 is 2.63 bits per heavy atom. The van der Waals surface area contributed by atoms with Crippen molar-refractivity contribution in [3.63, 3.8) is 0 Å². The van der Waals surface area contributed by atoms with Crippen LogP contribution in [0.15, 0.2) is 23.2 Å². The number of methoxy groups -OCH3 is 1. The Kier molecular flexibility index (Phi) is 7.60. The largest absolute Gasteiger partial charge is 0.493 e. The van der Waals surface area contributed by atoms with E-state index >= 15 is 0 Å². The van der Waals surface area contributed by atoms with Gasteiger partial charge in [0.05, 0.1) is 18.9 Å². The van der Waals surface area contributed by atoms with Crippen molar-refractivity contribution in [1.82, 2.24) is 20.4 Å². The first kappa shape index (κ1) is 22.0. The Hall–Kier alpha value is -2.70. The molecule has 3 rings (SSSR count). The molecule has 0 unspecified atom stereocenters. The van der Waals surface area contributed by atoms with Gasteiger partial charge in [-0.15, -0.1) is 0 Å². The number of guanidine groups is 1. The number of nitrogens with zero attached hydrogens (tertiary/aromatic N) is 3. The molecule has 0 bridgehead atoms. The van der Waals surface area contributed by atoms with Crippen LogP contribution in [-0.2, 0) is 20.0 Å². The highest BCUT2D eigenvalue weighted by molar-refractivity contribution is 5.79. The highest BCUT2D eigenvalue weighted by atomic mass is 16.5. The standard InChI is InChI=1S/C23H35N5O2/c1-16-20(17(2)28(4)27-16)13-14-25-23(24-3)26-15-18-9-8-12-21(29-5)22(18)30-19-10-6-7-11-19/h8-9,12,19H,6-7,10-11,13-15H2,1-5H3,(H2,24,25,26). The van der Waals surface area contributed by atoms with Gasteiger partial charge in [-0.25, -0.2) is 0 Å². The molecule has 1 aliphatic rings. The maximum absolute atomic E-state index is 6.33. The molecule has 0 spiro atoms. The molecule has 1 fully saturated rings. The summed E-state index contributed by atoms with van der Waals surface area (Å²) in [6, 6.07) is 6.04. The topological polar surface area (TPSA) is 72.7 Å². The Bertz CT molecular complexity index is 869. The van der Waals surface area contributed by atoms with Crippen molar-refractivity contribution in [2.24, 2.45) is 12.0 Å². The van der Waals surface area contributed by atoms with E-state index in [1.54, 1.807) is 14.2 Å². The second kappa shape index (κ2) is 10.4. The fourth-order valence-corrected chi connectivity index (χ4v) is 4.05. The minimum atomic E-state index is 0.281. The third kappa shape index (κ3) is 5.26. The highest BCUT2D eigenvalue weighted by Crippen LogP contribution is 2.34. The molecule has 1 aliphatic carbocycles. The molecule has 0 saturated heterocycles. The Morgan fingerprint density at radius 1 is 1.23 bits per heavy atom. The molecule has 7 nitrogen and oxygen atoms in total. The van der Waals surface area contributed by atoms with Crippen molar-refractivity contribution in [1.29, 1.82) is 0 Å². The van der Waals surface area contributed by atoms with Crippen LogP contribution in [0.2, 0.25) is 0 Å². The maximum Gasteiger partial charge on any atom is 0.191 e. The van der Waals surface area contributed by atoms with Crippen LogP contribution in [0, 0.1) is 13.8 Å². The van der Waals surface area contributed by atoms with Gasteiger partial charge < -0.3 is 20.1 Å². The first-order valence-electron chi connectivity index (χ1n) is 10.8. The van der Waals surface area contributed by atoms with Gasteiger partial charge in [-0.2, -0.15) is 5.10 Å². The fourth-order valence-electron chi connectivity index (χ4n) is 4.05. The summed E-state index contributed by atoms with van der Waals surface area (Å²) < 4.78 is 13.8. The first-order valence-corrected chi connectivity index (χ1v) is 10.8. The zero-order valence-electron chi connectivity index (χ0n) is 18.9. The van der Waals surface area contributed by atoms with Crippen molar-refractivity contribution in [2.45, 2.75) is 58.6 Å². The average Bonchev–Trinajstić information content (AvgIpc) is 3.34. The molecule has 2 N–H and O–H groups in total. The van der Waals surface area contributed by atoms with Crippen LogP contribution in [0.4, 0.5) is 0 Å². The summed E-state index contributed by atoms with van der Waals surface area (Å²) in [6.45, 7) is 5.57. The smallest absolute Gasteiger partial charge is 0.191 e. The van der Waals surface area contributed by atoms with Crippen LogP contribution < -0.4 is 20.1 Å². The molecule has 7 heteroatoms. The summed E-state index contributed by atoms with van der Waals surface area (Å²) in [5, 5.41) is 11.3. The zero-order chi connectivity index (χ0) is 21.5. The third-order valence-corrected chi connectivity index (χ3v) is 5.86. The third-order valence-electron chi connectivity index (χ3n) is 5.86. The lowest BCUT2D eigenvalue weighted by molar-refractivity contribution is 0.198. The molecular formula is C23H35N5O2. The van der Waals surface area contributed by atoms with E-state index in [1.165, 1.54) is 24.1 Å². The van der Waals surface area contributed by atoms with Crippen molar-refractivity contribution < 1.29 is 9.47 Å². The average molecular weight is 414 g/mol. The van der Waals surface area contributed by atoms with Gasteiger partial charge in [0, 0.05) is 38.4 Å². The van der Waals surface area contributed by atoms with Gasteiger partial charge in [0.25, 0.3) is 0 Å². The first-order chi connectivity index (χ1) is 14.5. The number of ether oxygens (including phenoxy) is 2. The summed E-state index contributed by atoms with van der Waals surface area (Å²) in [5.41, 5.74) is 4.66. The summed E-state index contributed by atoms with van der Waals surface area (Å²) >= 11 is 0. The SMILES string of the molecule is CN=C(NCCc1c(C)nn(C)c1C)NCc1cccc(OC)c1OC1CCCC1. The van der Waals surface area contributed by atoms with Gasteiger partial charge in [-0.05, 0) is 57.6 Å². The van der Waals surface area contributed by atoms with Crippen LogP contribution in [0.5, 0.6) is 11.5 Å². The summed E-state index contributed by atoms with van der Waals surface area (Å²) in [4.78, 5) is 4.36. The molecule has 164 valence electrons. The Labute approximate surface area is 179 Å². The number of nitrogens with one attached hydrogen (secondary N) is 2. The predicted molar refractivity (Wildman–Crippen MR) is 120 cm³/mol. The van der Waals surface area contributed by atoms with E-state index in [9.17, 15) is 0 Å². The van der Waals surface area contributed by atoms with Crippen LogP contribution in [0.3, 0.4) is 0 Å². The molecule has 0 aliphatic heterocycles. The van der Waals surface area contributed by atoms with Crippen molar-refractivity contribution in [3.05, 3.63) is 40.7 Å². The number of rotatable bonds is 8. The summed E-state index contributed by atoms with van der Waals surface area (Å²) in [5.74, 6) is 2.40. The number of para-hydroxylation sites is 1. The number of aliphatic imine (C=N–C) groups is 1. The van der Waals surface area contributed by atoms with E-state index in [-0.39, 0.29) is 6.10 Å². The Balaban J connectivity index is 1.59. The number of benzene rings is 1. The van der Waals surface area contributed by atoms with Crippen LogP contribution in [0.1, 0.15) is 48.2 Å². The molecule has 1 aromatic heterocycles. The van der Waals surface area contributed by atoms with Crippen LogP contribution >= 0.6 is 0 Å². The quantitative estimate of drug-likeness (QED) is 0.513. The van der Waals surface area contributed by atoms with Crippen LogP contribution in [0.25, 0.3) is 0 Å². The van der Waals surface area contributed by atoms with E-state index in [0.717, 1.165) is 54.5 Å². The minimum absolute atomic E-state index is 0.281. The number of hydrogen-bond donors (Lipinski definition) is 2. The van der Waals surface area contributed by atoms with Crippen molar-refractivity contribution in [3.8, 4) is 11.5 Å². The number of aromatic nitrogens is 2. The van der Waals surface area contributed by atoms with Crippen LogP contribution in [-0.4, -0.2) is 42.5 Å². The van der Waals surface area contributed by atoms with Gasteiger partial charge >= 0.3 is 0 Å². The van der Waals surface area contributed by atoms with Crippen molar-refractivity contribution in [2.75, 3.05) is 20.7 Å². The van der Waals surface area contributed by atoms with Gasteiger partial charge in [0.1, 0.15) is 0 Å². The zero-order valence-corrected chi connectivity index (χ0v) is 18.9. The summed E-state index contributed by atoms with van der Waals surface area (Å²) in [6.07, 6.45) is 5.88. The molecule has 0 atom stereocenters. The van der Waals surface area contributed by atoms with E-state index in [2.05, 4.69) is 40.6 Å². The van der Waals surface area contributed by atoms with Gasteiger partial charge in [-0.1, -0.05) is 12.1 Å². The second-order valence-corrected chi connectivity index (χ2v) is 7.85. The molecule has 1 saturated carbocycles. The van der Waals surface area contributed by atoms with E-state index in [1.807, 2.05) is 23.9 Å². The number of hydrogen-bond acceptors (Lipinski definition) is 4. The lowest BCUT2D eigenvalue weighted by Crippen LogP contribution is -2.38. The molecule has 1 aromatic carbocycles. The predicted octanol–water partition coefficient (Wildman–Crippen LogP) is 3.27. The molecule has 30 heavy (non-hydrogen) atoms.